The summed E-state index contributed by atoms with van der Waals surface area (Å²) in [5, 5.41) is 22.6. The van der Waals surface area contributed by atoms with Crippen LogP contribution in [-0.4, -0.2) is 43.2 Å². The number of hydrogen-bond acceptors (Lipinski definition) is 6. The fraction of sp³-hybridized carbons (Fsp3) is 0.300. The van der Waals surface area contributed by atoms with Crippen molar-refractivity contribution < 1.29 is 19.1 Å². The zero-order valence-electron chi connectivity index (χ0n) is 9.98. The molecular formula is C10H11N5O4. The first-order valence-corrected chi connectivity index (χ1v) is 5.38. The van der Waals surface area contributed by atoms with Crippen LogP contribution in [0.1, 0.15) is 6.92 Å². The average molecular weight is 265 g/mol. The first kappa shape index (κ1) is 12.7. The summed E-state index contributed by atoms with van der Waals surface area (Å²) in [6.07, 6.45) is 1.47. The van der Waals surface area contributed by atoms with Crippen molar-refractivity contribution in [1.82, 2.24) is 25.5 Å². The highest BCUT2D eigenvalue weighted by molar-refractivity contribution is 5.81. The van der Waals surface area contributed by atoms with Crippen molar-refractivity contribution in [1.29, 1.82) is 0 Å². The molecule has 2 aromatic rings. The number of carboxylic acid groups (broad SMARTS) is 1. The summed E-state index contributed by atoms with van der Waals surface area (Å²) < 4.78 is 5.09. The fourth-order valence-corrected chi connectivity index (χ4v) is 1.42. The molecule has 0 radical (unpaired) electrons. The number of hydrogen-bond donors (Lipinski definition) is 2. The second-order valence-corrected chi connectivity index (χ2v) is 3.74. The summed E-state index contributed by atoms with van der Waals surface area (Å²) in [5.41, 5.74) is 0. The molecule has 0 aliphatic heterocycles. The van der Waals surface area contributed by atoms with Gasteiger partial charge in [-0.05, 0) is 17.3 Å². The molecule has 9 nitrogen and oxygen atoms in total. The summed E-state index contributed by atoms with van der Waals surface area (Å²) in [5.74, 6) is -0.944. The maximum absolute atomic E-state index is 11.0. The molecule has 0 saturated carbocycles. The summed E-state index contributed by atoms with van der Waals surface area (Å²) in [7, 11) is 0. The quantitative estimate of drug-likeness (QED) is 0.748. The highest BCUT2D eigenvalue weighted by Gasteiger charge is 2.21. The summed E-state index contributed by atoms with van der Waals surface area (Å²) >= 11 is 0. The predicted molar refractivity (Wildman–Crippen MR) is 60.8 cm³/mol. The van der Waals surface area contributed by atoms with Gasteiger partial charge in [0.05, 0.1) is 12.8 Å². The lowest BCUT2D eigenvalue weighted by molar-refractivity contribution is -0.142. The Morgan fingerprint density at radius 2 is 2.37 bits per heavy atom. The number of tetrazole rings is 1. The van der Waals surface area contributed by atoms with E-state index in [1.807, 2.05) is 0 Å². The van der Waals surface area contributed by atoms with E-state index in [4.69, 9.17) is 9.52 Å². The van der Waals surface area contributed by atoms with Crippen molar-refractivity contribution in [3.05, 3.63) is 18.4 Å². The van der Waals surface area contributed by atoms with Crippen LogP contribution in [0, 0.1) is 0 Å². The first-order valence-electron chi connectivity index (χ1n) is 5.38. The number of carbonyl (C=O) groups is 2. The molecule has 1 unspecified atom stereocenters. The van der Waals surface area contributed by atoms with Crippen LogP contribution < -0.4 is 5.32 Å². The number of aliphatic carboxylic acids is 1. The molecule has 2 rings (SSSR count). The summed E-state index contributed by atoms with van der Waals surface area (Å²) in [6, 6.07) is 2.22. The topological polar surface area (TPSA) is 123 Å². The van der Waals surface area contributed by atoms with Crippen LogP contribution in [0.2, 0.25) is 0 Å². The van der Waals surface area contributed by atoms with Crippen molar-refractivity contribution >= 4 is 11.9 Å². The van der Waals surface area contributed by atoms with Gasteiger partial charge in [-0.1, -0.05) is 0 Å². The highest BCUT2D eigenvalue weighted by atomic mass is 16.4. The predicted octanol–water partition coefficient (Wildman–Crippen LogP) is -0.478. The standard InChI is InChI=1S/C10H11N5O4/c1-6(16)11-7(10(17)18)5-15-13-9(12-14-15)8-3-2-4-19-8/h2-4,7H,5H2,1H3,(H,11,16)(H,17,18). The fourth-order valence-electron chi connectivity index (χ4n) is 1.42. The average Bonchev–Trinajstić information content (AvgIpc) is 2.97. The Labute approximate surface area is 107 Å². The highest BCUT2D eigenvalue weighted by Crippen LogP contribution is 2.12. The van der Waals surface area contributed by atoms with Crippen molar-refractivity contribution in [2.75, 3.05) is 0 Å². The number of aromatic nitrogens is 4. The number of nitrogens with zero attached hydrogens (tertiary/aromatic N) is 4. The molecule has 9 heteroatoms. The van der Waals surface area contributed by atoms with Gasteiger partial charge in [0.2, 0.25) is 11.7 Å². The lowest BCUT2D eigenvalue weighted by Crippen LogP contribution is -2.43. The van der Waals surface area contributed by atoms with E-state index in [1.54, 1.807) is 12.1 Å². The van der Waals surface area contributed by atoms with E-state index >= 15 is 0 Å². The van der Waals surface area contributed by atoms with Gasteiger partial charge in [-0.25, -0.2) is 4.79 Å². The molecule has 1 atom stereocenters. The Hall–Kier alpha value is -2.71. The minimum absolute atomic E-state index is 0.122. The molecule has 0 fully saturated rings. The molecule has 0 aliphatic carbocycles. The van der Waals surface area contributed by atoms with Gasteiger partial charge in [-0.2, -0.15) is 4.80 Å². The molecule has 0 spiro atoms. The Bertz CT molecular complexity index is 577. The van der Waals surface area contributed by atoms with E-state index in [9.17, 15) is 9.59 Å². The normalized spacial score (nSPS) is 12.1. The second-order valence-electron chi connectivity index (χ2n) is 3.74. The third-order valence-corrected chi connectivity index (χ3v) is 2.22. The maximum atomic E-state index is 11.0. The van der Waals surface area contributed by atoms with Gasteiger partial charge in [0.15, 0.2) is 5.76 Å². The van der Waals surface area contributed by atoms with Gasteiger partial charge >= 0.3 is 5.97 Å². The van der Waals surface area contributed by atoms with E-state index in [2.05, 4.69) is 20.7 Å². The van der Waals surface area contributed by atoms with Crippen LogP contribution in [0.4, 0.5) is 0 Å². The van der Waals surface area contributed by atoms with E-state index < -0.39 is 17.9 Å². The van der Waals surface area contributed by atoms with E-state index in [-0.39, 0.29) is 12.4 Å². The van der Waals surface area contributed by atoms with E-state index in [0.29, 0.717) is 5.76 Å². The number of rotatable bonds is 5. The van der Waals surface area contributed by atoms with Crippen LogP contribution in [0.5, 0.6) is 0 Å². The van der Waals surface area contributed by atoms with Crippen molar-refractivity contribution in [3.8, 4) is 11.6 Å². The smallest absolute Gasteiger partial charge is 0.328 e. The Morgan fingerprint density at radius 1 is 1.58 bits per heavy atom. The SMILES string of the molecule is CC(=O)NC(Cn1nnc(-c2ccco2)n1)C(=O)O. The largest absolute Gasteiger partial charge is 0.480 e. The van der Waals surface area contributed by atoms with Gasteiger partial charge in [0, 0.05) is 6.92 Å². The van der Waals surface area contributed by atoms with Crippen LogP contribution in [0.15, 0.2) is 22.8 Å². The van der Waals surface area contributed by atoms with Crippen molar-refractivity contribution in [2.45, 2.75) is 19.5 Å². The molecule has 2 heterocycles. The first-order chi connectivity index (χ1) is 9.06. The monoisotopic (exact) mass is 265 g/mol. The lowest BCUT2D eigenvalue weighted by atomic mass is 10.3. The zero-order valence-corrected chi connectivity index (χ0v) is 9.98. The van der Waals surface area contributed by atoms with Crippen LogP contribution in [0.25, 0.3) is 11.6 Å². The van der Waals surface area contributed by atoms with E-state index in [1.165, 1.54) is 13.2 Å². The molecule has 100 valence electrons. The van der Waals surface area contributed by atoms with Crippen LogP contribution >= 0.6 is 0 Å². The third-order valence-electron chi connectivity index (χ3n) is 2.22. The molecule has 1 amide bonds. The Balaban J connectivity index is 2.10. The Morgan fingerprint density at radius 3 is 2.95 bits per heavy atom. The number of carboxylic acids is 1. The number of carbonyl (C=O) groups excluding carboxylic acids is 1. The molecular weight excluding hydrogens is 254 g/mol. The summed E-state index contributed by atoms with van der Waals surface area (Å²) in [6.45, 7) is 1.11. The summed E-state index contributed by atoms with van der Waals surface area (Å²) in [4.78, 5) is 22.9. The third kappa shape index (κ3) is 3.15. The van der Waals surface area contributed by atoms with Gasteiger partial charge in [0.25, 0.3) is 0 Å². The molecule has 2 aromatic heterocycles. The van der Waals surface area contributed by atoms with Gasteiger partial charge < -0.3 is 14.8 Å². The zero-order chi connectivity index (χ0) is 13.8. The maximum Gasteiger partial charge on any atom is 0.328 e. The number of furan rings is 1. The molecule has 0 aromatic carbocycles. The van der Waals surface area contributed by atoms with Crippen LogP contribution in [-0.2, 0) is 16.1 Å². The second kappa shape index (κ2) is 5.29. The number of nitrogens with one attached hydrogen (secondary N) is 1. The minimum Gasteiger partial charge on any atom is -0.480 e. The Kier molecular flexibility index (Phi) is 3.55. The van der Waals surface area contributed by atoms with Gasteiger partial charge in [-0.3, -0.25) is 4.79 Å². The number of amides is 1. The van der Waals surface area contributed by atoms with Gasteiger partial charge in [-0.15, -0.1) is 10.2 Å². The van der Waals surface area contributed by atoms with Crippen LogP contribution in [0.3, 0.4) is 0 Å². The molecule has 0 aliphatic rings. The molecule has 2 N–H and O–H groups in total. The van der Waals surface area contributed by atoms with Crippen molar-refractivity contribution in [3.63, 3.8) is 0 Å². The lowest BCUT2D eigenvalue weighted by Gasteiger charge is -2.11. The van der Waals surface area contributed by atoms with E-state index in [0.717, 1.165) is 4.80 Å². The van der Waals surface area contributed by atoms with Gasteiger partial charge in [0.1, 0.15) is 6.04 Å². The minimum atomic E-state index is -1.17. The molecule has 19 heavy (non-hydrogen) atoms. The molecule has 0 bridgehead atoms. The van der Waals surface area contributed by atoms with Crippen molar-refractivity contribution in [2.24, 2.45) is 0 Å². The molecule has 0 saturated heterocycles.